The molecule has 74 valence electrons. The predicted molar refractivity (Wildman–Crippen MR) is 44.1 cm³/mol. The molecule has 8 heteroatoms. The van der Waals surface area contributed by atoms with Crippen molar-refractivity contribution in [3.63, 3.8) is 0 Å². The fourth-order valence-corrected chi connectivity index (χ4v) is 1.04. The maximum Gasteiger partial charge on any atom is 1.00 e. The van der Waals surface area contributed by atoms with E-state index in [1.165, 1.54) is 0 Å². The van der Waals surface area contributed by atoms with Gasteiger partial charge in [-0.3, -0.25) is 0 Å². The summed E-state index contributed by atoms with van der Waals surface area (Å²) in [5, 5.41) is 8.36. The molecular weight excluding hydrogens is 233 g/mol. The fraction of sp³-hybridized carbons (Fsp3) is 0.286. The van der Waals surface area contributed by atoms with Crippen LogP contribution < -0.4 is 51.4 Å². The number of nitriles is 1. The zero-order chi connectivity index (χ0) is 10.6. The summed E-state index contributed by atoms with van der Waals surface area (Å²) in [6, 6.07) is 1.76. The van der Waals surface area contributed by atoms with Crippen LogP contribution in [0.2, 0.25) is 0 Å². The second-order valence-electron chi connectivity index (χ2n) is 2.74. The quantitative estimate of drug-likeness (QED) is 0.601. The van der Waals surface area contributed by atoms with Gasteiger partial charge in [0.1, 0.15) is 6.33 Å². The van der Waals surface area contributed by atoms with Crippen molar-refractivity contribution >= 4 is 6.98 Å². The van der Waals surface area contributed by atoms with E-state index in [0.717, 1.165) is 12.5 Å². The molecule has 1 rings (SSSR count). The molecule has 1 heterocycles. The summed E-state index contributed by atoms with van der Waals surface area (Å²) in [4.78, 5) is 7.13. The third kappa shape index (κ3) is 5.63. The Labute approximate surface area is 128 Å². The Morgan fingerprint density at radius 3 is 2.60 bits per heavy atom. The first-order valence-electron chi connectivity index (χ1n) is 3.88. The number of hydrogen-bond donors (Lipinski definition) is 0. The summed E-state index contributed by atoms with van der Waals surface area (Å²) in [5.41, 5.74) is 0.142. The Bertz CT molecular complexity index is 363. The van der Waals surface area contributed by atoms with Crippen LogP contribution in [0.4, 0.5) is 12.9 Å². The smallest absolute Gasteiger partial charge is 0.449 e. The Kier molecular flexibility index (Phi) is 6.63. The molecule has 1 aromatic heterocycles. The SMILES string of the molecule is N#CCc1ncncc1C[B-](F)(F)F.[K+]. The molecule has 0 fully saturated rings. The van der Waals surface area contributed by atoms with Gasteiger partial charge in [0.05, 0.1) is 18.2 Å². The normalized spacial score (nSPS) is 10.3. The molecule has 0 radical (unpaired) electrons. The zero-order valence-corrected chi connectivity index (χ0v) is 11.2. The predicted octanol–water partition coefficient (Wildman–Crippen LogP) is -1.52. The molecule has 0 aromatic carbocycles. The first-order chi connectivity index (χ1) is 6.53. The summed E-state index contributed by atoms with van der Waals surface area (Å²) >= 11 is 0. The van der Waals surface area contributed by atoms with Crippen LogP contribution in [0.1, 0.15) is 11.3 Å². The molecule has 0 aliphatic carbocycles. The number of nitrogens with zero attached hydrogens (tertiary/aromatic N) is 3. The minimum atomic E-state index is -4.90. The van der Waals surface area contributed by atoms with Crippen LogP contribution in [-0.2, 0) is 12.7 Å². The van der Waals surface area contributed by atoms with Gasteiger partial charge < -0.3 is 12.9 Å². The zero-order valence-electron chi connectivity index (χ0n) is 8.12. The fourth-order valence-electron chi connectivity index (χ4n) is 1.04. The molecule has 3 nitrogen and oxygen atoms in total. The molecule has 0 unspecified atom stereocenters. The minimum absolute atomic E-state index is 0. The average molecular weight is 239 g/mol. The number of aromatic nitrogens is 2. The van der Waals surface area contributed by atoms with Gasteiger partial charge in [-0.15, -0.1) is 0 Å². The molecule has 0 N–H and O–H groups in total. The van der Waals surface area contributed by atoms with E-state index in [2.05, 4.69) is 9.97 Å². The van der Waals surface area contributed by atoms with Gasteiger partial charge in [0.2, 0.25) is 0 Å². The van der Waals surface area contributed by atoms with Gasteiger partial charge in [0.15, 0.2) is 0 Å². The van der Waals surface area contributed by atoms with Crippen molar-refractivity contribution < 1.29 is 64.3 Å². The van der Waals surface area contributed by atoms with Crippen LogP contribution in [0.25, 0.3) is 0 Å². The summed E-state index contributed by atoms with van der Waals surface area (Å²) in [6.45, 7) is -4.90. The Hall–Kier alpha value is 0.0613. The van der Waals surface area contributed by atoms with Gasteiger partial charge in [-0.25, -0.2) is 9.97 Å². The molecule has 1 aromatic rings. The van der Waals surface area contributed by atoms with Crippen LogP contribution in [0.3, 0.4) is 0 Å². The van der Waals surface area contributed by atoms with E-state index >= 15 is 0 Å². The first-order valence-corrected chi connectivity index (χ1v) is 3.88. The van der Waals surface area contributed by atoms with Crippen LogP contribution >= 0.6 is 0 Å². The second kappa shape index (κ2) is 6.60. The van der Waals surface area contributed by atoms with Gasteiger partial charge in [-0.05, 0) is 5.56 Å². The first kappa shape index (κ1) is 15.1. The Morgan fingerprint density at radius 2 is 2.07 bits per heavy atom. The summed E-state index contributed by atoms with van der Waals surface area (Å²) < 4.78 is 36.3. The summed E-state index contributed by atoms with van der Waals surface area (Å²) in [7, 11) is 0. The molecule has 0 saturated heterocycles. The average Bonchev–Trinajstić information content (AvgIpc) is 2.06. The number of halogens is 3. The van der Waals surface area contributed by atoms with E-state index in [1.54, 1.807) is 6.07 Å². The van der Waals surface area contributed by atoms with Gasteiger partial charge in [-0.1, -0.05) is 6.32 Å². The molecule has 0 spiro atoms. The topological polar surface area (TPSA) is 49.6 Å². The summed E-state index contributed by atoms with van der Waals surface area (Å²) in [6.07, 6.45) is 1.09. The van der Waals surface area contributed by atoms with Crippen molar-refractivity contribution in [1.29, 1.82) is 5.26 Å². The van der Waals surface area contributed by atoms with Gasteiger partial charge >= 0.3 is 58.4 Å². The van der Waals surface area contributed by atoms with Crippen molar-refractivity contribution in [3.05, 3.63) is 23.8 Å². The molecule has 0 aliphatic rings. The number of hydrogen-bond acceptors (Lipinski definition) is 3. The molecular formula is C7H6BF3KN3. The van der Waals surface area contributed by atoms with E-state index in [0.29, 0.717) is 0 Å². The maximum atomic E-state index is 12.1. The van der Waals surface area contributed by atoms with Crippen LogP contribution in [0, 0.1) is 11.3 Å². The van der Waals surface area contributed by atoms with Gasteiger partial charge in [0, 0.05) is 6.20 Å². The van der Waals surface area contributed by atoms with Crippen LogP contribution in [0.5, 0.6) is 0 Å². The Morgan fingerprint density at radius 1 is 1.40 bits per heavy atom. The molecule has 15 heavy (non-hydrogen) atoms. The van der Waals surface area contributed by atoms with Crippen molar-refractivity contribution in [2.45, 2.75) is 12.7 Å². The van der Waals surface area contributed by atoms with Crippen molar-refractivity contribution in [2.24, 2.45) is 0 Å². The molecule has 0 bridgehead atoms. The van der Waals surface area contributed by atoms with E-state index in [9.17, 15) is 12.9 Å². The van der Waals surface area contributed by atoms with E-state index < -0.39 is 13.3 Å². The number of rotatable bonds is 3. The van der Waals surface area contributed by atoms with Crippen LogP contribution in [0.15, 0.2) is 12.5 Å². The van der Waals surface area contributed by atoms with Crippen molar-refractivity contribution in [3.8, 4) is 6.07 Å². The van der Waals surface area contributed by atoms with Crippen molar-refractivity contribution in [1.82, 2.24) is 9.97 Å². The van der Waals surface area contributed by atoms with Crippen LogP contribution in [-0.4, -0.2) is 16.9 Å². The molecule has 0 atom stereocenters. The Balaban J connectivity index is 0.00000196. The molecule has 0 amide bonds. The monoisotopic (exact) mass is 239 g/mol. The second-order valence-corrected chi connectivity index (χ2v) is 2.74. The third-order valence-corrected chi connectivity index (χ3v) is 1.58. The van der Waals surface area contributed by atoms with Gasteiger partial charge in [0.25, 0.3) is 0 Å². The van der Waals surface area contributed by atoms with Gasteiger partial charge in [-0.2, -0.15) is 5.26 Å². The van der Waals surface area contributed by atoms with Crippen molar-refractivity contribution in [2.75, 3.05) is 0 Å². The van der Waals surface area contributed by atoms with E-state index in [1.807, 2.05) is 0 Å². The minimum Gasteiger partial charge on any atom is -0.449 e. The maximum absolute atomic E-state index is 12.1. The standard InChI is InChI=1S/C7H6BF3N3.K/c9-8(10,11)3-6-4-13-5-14-7(6)1-2-12;/h4-5H,1,3H2;/q-1;+1. The summed E-state index contributed by atoms with van der Waals surface area (Å²) in [5.74, 6) is 0. The van der Waals surface area contributed by atoms with E-state index in [-0.39, 0.29) is 69.1 Å². The molecule has 0 aliphatic heterocycles. The molecule has 0 saturated carbocycles. The van der Waals surface area contributed by atoms with E-state index in [4.69, 9.17) is 5.26 Å². The largest absolute Gasteiger partial charge is 1.00 e. The third-order valence-electron chi connectivity index (χ3n) is 1.58.